The lowest BCUT2D eigenvalue weighted by Crippen LogP contribution is -2.21. The van der Waals surface area contributed by atoms with E-state index in [-0.39, 0.29) is 11.7 Å². The lowest BCUT2D eigenvalue weighted by molar-refractivity contribution is 0.102. The average molecular weight is 350 g/mol. The van der Waals surface area contributed by atoms with Crippen molar-refractivity contribution in [2.75, 3.05) is 23.8 Å². The molecule has 0 unspecified atom stereocenters. The zero-order valence-corrected chi connectivity index (χ0v) is 14.4. The first-order valence-electron chi connectivity index (χ1n) is 8.24. The lowest BCUT2D eigenvalue weighted by Gasteiger charge is -2.19. The van der Waals surface area contributed by atoms with Crippen molar-refractivity contribution in [1.29, 1.82) is 0 Å². The van der Waals surface area contributed by atoms with Gasteiger partial charge in [0.25, 0.3) is 5.91 Å². The summed E-state index contributed by atoms with van der Waals surface area (Å²) in [4.78, 5) is 22.6. The first-order valence-corrected chi connectivity index (χ1v) is 8.24. The number of aromatic nitrogens is 2. The van der Waals surface area contributed by atoms with Gasteiger partial charge in [-0.05, 0) is 54.4 Å². The molecule has 1 N–H and O–H groups in total. The summed E-state index contributed by atoms with van der Waals surface area (Å²) in [6.07, 6.45) is 7.65. The Kier molecular flexibility index (Phi) is 5.53. The van der Waals surface area contributed by atoms with Crippen LogP contribution in [-0.2, 0) is 6.42 Å². The van der Waals surface area contributed by atoms with Gasteiger partial charge in [-0.2, -0.15) is 0 Å². The van der Waals surface area contributed by atoms with Crippen LogP contribution >= 0.6 is 0 Å². The van der Waals surface area contributed by atoms with Gasteiger partial charge < -0.3 is 10.2 Å². The smallest absolute Gasteiger partial charge is 0.257 e. The van der Waals surface area contributed by atoms with Crippen LogP contribution < -0.4 is 10.2 Å². The fraction of sp³-hybridized carbons (Fsp3) is 0.150. The Balaban J connectivity index is 1.65. The third-order valence-electron chi connectivity index (χ3n) is 4.01. The van der Waals surface area contributed by atoms with Crippen LogP contribution in [-0.4, -0.2) is 29.5 Å². The minimum Gasteiger partial charge on any atom is -0.373 e. The molecule has 0 radical (unpaired) electrons. The van der Waals surface area contributed by atoms with Crippen molar-refractivity contribution in [3.05, 3.63) is 84.2 Å². The fourth-order valence-electron chi connectivity index (χ4n) is 2.47. The van der Waals surface area contributed by atoms with E-state index in [1.807, 2.05) is 24.1 Å². The molecule has 2 aromatic heterocycles. The number of rotatable bonds is 6. The highest BCUT2D eigenvalue weighted by atomic mass is 19.1. The van der Waals surface area contributed by atoms with Crippen LogP contribution in [0.3, 0.4) is 0 Å². The number of amides is 1. The quantitative estimate of drug-likeness (QED) is 0.739. The van der Waals surface area contributed by atoms with Crippen molar-refractivity contribution in [2.45, 2.75) is 6.42 Å². The topological polar surface area (TPSA) is 58.1 Å². The van der Waals surface area contributed by atoms with Crippen LogP contribution in [0.15, 0.2) is 67.3 Å². The summed E-state index contributed by atoms with van der Waals surface area (Å²) in [7, 11) is 1.96. The van der Waals surface area contributed by atoms with Crippen LogP contribution in [0.25, 0.3) is 0 Å². The van der Waals surface area contributed by atoms with Crippen LogP contribution in [0.2, 0.25) is 0 Å². The van der Waals surface area contributed by atoms with Gasteiger partial charge in [0.1, 0.15) is 5.82 Å². The van der Waals surface area contributed by atoms with E-state index in [1.165, 1.54) is 36.0 Å². The number of carbonyl (C=O) groups is 1. The lowest BCUT2D eigenvalue weighted by atomic mass is 10.2. The molecule has 5 nitrogen and oxygen atoms in total. The molecule has 132 valence electrons. The third-order valence-corrected chi connectivity index (χ3v) is 4.01. The van der Waals surface area contributed by atoms with Crippen molar-refractivity contribution in [2.24, 2.45) is 0 Å². The molecule has 0 spiro atoms. The molecule has 6 heteroatoms. The van der Waals surface area contributed by atoms with Gasteiger partial charge in [-0.25, -0.2) is 4.39 Å². The van der Waals surface area contributed by atoms with Gasteiger partial charge in [-0.15, -0.1) is 0 Å². The summed E-state index contributed by atoms with van der Waals surface area (Å²) in [5.41, 5.74) is 3.03. The number of likely N-dealkylation sites (N-methyl/N-ethyl adjacent to an activating group) is 1. The fourth-order valence-corrected chi connectivity index (χ4v) is 2.47. The molecular formula is C20H19FN4O. The van der Waals surface area contributed by atoms with Crippen molar-refractivity contribution < 1.29 is 9.18 Å². The number of nitrogens with zero attached hydrogens (tertiary/aromatic N) is 3. The molecule has 1 amide bonds. The Morgan fingerprint density at radius 2 is 1.81 bits per heavy atom. The van der Waals surface area contributed by atoms with Gasteiger partial charge in [0.05, 0.1) is 17.4 Å². The molecule has 0 aliphatic carbocycles. The van der Waals surface area contributed by atoms with Gasteiger partial charge in [-0.1, -0.05) is 0 Å². The minimum atomic E-state index is -0.345. The highest BCUT2D eigenvalue weighted by Gasteiger charge is 2.10. The van der Waals surface area contributed by atoms with Crippen LogP contribution in [0, 0.1) is 5.82 Å². The number of hydrogen-bond acceptors (Lipinski definition) is 4. The molecule has 1 aromatic carbocycles. The molecule has 0 atom stereocenters. The van der Waals surface area contributed by atoms with E-state index in [9.17, 15) is 9.18 Å². The van der Waals surface area contributed by atoms with E-state index >= 15 is 0 Å². The van der Waals surface area contributed by atoms with Crippen LogP contribution in [0.4, 0.5) is 15.8 Å². The van der Waals surface area contributed by atoms with E-state index in [0.717, 1.165) is 18.7 Å². The number of nitrogens with one attached hydrogen (secondary N) is 1. The molecule has 0 bridgehead atoms. The van der Waals surface area contributed by atoms with Crippen molar-refractivity contribution in [3.8, 4) is 0 Å². The summed E-state index contributed by atoms with van der Waals surface area (Å²) < 4.78 is 13.0. The maximum Gasteiger partial charge on any atom is 0.257 e. The van der Waals surface area contributed by atoms with Gasteiger partial charge in [0.2, 0.25) is 0 Å². The second-order valence-electron chi connectivity index (χ2n) is 5.92. The predicted octanol–water partition coefficient (Wildman–Crippen LogP) is 3.55. The number of carbonyl (C=O) groups excluding carboxylic acids is 1. The van der Waals surface area contributed by atoms with E-state index < -0.39 is 0 Å². The second-order valence-corrected chi connectivity index (χ2v) is 5.92. The van der Waals surface area contributed by atoms with E-state index in [2.05, 4.69) is 15.3 Å². The second kappa shape index (κ2) is 8.20. The first kappa shape index (κ1) is 17.5. The first-order chi connectivity index (χ1) is 12.6. The SMILES string of the molecule is CN(CCc1ccncc1)c1cncc(C(=O)Nc2ccc(F)cc2)c1. The van der Waals surface area contributed by atoms with Gasteiger partial charge in [0, 0.05) is 37.9 Å². The standard InChI is InChI=1S/C20H19FN4O/c1-25(11-8-15-6-9-22-10-7-15)19-12-16(13-23-14-19)20(26)24-18-4-2-17(21)3-5-18/h2-7,9-10,12-14H,8,11H2,1H3,(H,24,26). The summed E-state index contributed by atoms with van der Waals surface area (Å²) in [6, 6.07) is 11.4. The maximum atomic E-state index is 13.0. The Morgan fingerprint density at radius 3 is 2.54 bits per heavy atom. The molecule has 0 aliphatic rings. The normalized spacial score (nSPS) is 10.4. The molecule has 0 saturated heterocycles. The molecule has 0 saturated carbocycles. The predicted molar refractivity (Wildman–Crippen MR) is 99.8 cm³/mol. The molecule has 0 aliphatic heterocycles. The Hall–Kier alpha value is -3.28. The van der Waals surface area contributed by atoms with Gasteiger partial charge in [-0.3, -0.25) is 14.8 Å². The van der Waals surface area contributed by atoms with Crippen molar-refractivity contribution in [3.63, 3.8) is 0 Å². The number of hydrogen-bond donors (Lipinski definition) is 1. The Labute approximate surface area is 151 Å². The molecular weight excluding hydrogens is 331 g/mol. The minimum absolute atomic E-state index is 0.284. The number of anilines is 2. The largest absolute Gasteiger partial charge is 0.373 e. The zero-order chi connectivity index (χ0) is 18.4. The Morgan fingerprint density at radius 1 is 1.08 bits per heavy atom. The molecule has 3 rings (SSSR count). The van der Waals surface area contributed by atoms with E-state index in [1.54, 1.807) is 24.7 Å². The maximum absolute atomic E-state index is 13.0. The molecule has 2 heterocycles. The van der Waals surface area contributed by atoms with Gasteiger partial charge in [0.15, 0.2) is 0 Å². The van der Waals surface area contributed by atoms with E-state index in [4.69, 9.17) is 0 Å². The van der Waals surface area contributed by atoms with Crippen LogP contribution in [0.1, 0.15) is 15.9 Å². The number of benzene rings is 1. The molecule has 3 aromatic rings. The summed E-state index contributed by atoms with van der Waals surface area (Å²) >= 11 is 0. The van der Waals surface area contributed by atoms with Crippen molar-refractivity contribution in [1.82, 2.24) is 9.97 Å². The highest BCUT2D eigenvalue weighted by Crippen LogP contribution is 2.16. The summed E-state index contributed by atoms with van der Waals surface area (Å²) in [5.74, 6) is -0.629. The summed E-state index contributed by atoms with van der Waals surface area (Å²) in [5, 5.41) is 2.74. The van der Waals surface area contributed by atoms with Crippen molar-refractivity contribution >= 4 is 17.3 Å². The highest BCUT2D eigenvalue weighted by molar-refractivity contribution is 6.04. The summed E-state index contributed by atoms with van der Waals surface area (Å²) in [6.45, 7) is 0.786. The molecule has 0 fully saturated rings. The van der Waals surface area contributed by atoms with E-state index in [0.29, 0.717) is 11.3 Å². The zero-order valence-electron chi connectivity index (χ0n) is 14.4. The Bertz CT molecular complexity index is 868. The monoisotopic (exact) mass is 350 g/mol. The number of halogens is 1. The molecule has 26 heavy (non-hydrogen) atoms. The number of pyridine rings is 2. The average Bonchev–Trinajstić information content (AvgIpc) is 2.69. The van der Waals surface area contributed by atoms with Crippen LogP contribution in [0.5, 0.6) is 0 Å². The van der Waals surface area contributed by atoms with Gasteiger partial charge >= 0.3 is 0 Å². The third kappa shape index (κ3) is 4.63.